The summed E-state index contributed by atoms with van der Waals surface area (Å²) < 4.78 is 0. The van der Waals surface area contributed by atoms with Gasteiger partial charge in [-0.1, -0.05) is 25.3 Å². The average Bonchev–Trinajstić information content (AvgIpc) is 2.69. The zero-order valence-electron chi connectivity index (χ0n) is 16.7. The van der Waals surface area contributed by atoms with E-state index in [0.29, 0.717) is 30.9 Å². The SMILES string of the molecule is CCN(CC)C(=O)c1cccc(NC(=O)CN2CC[C@@H]3CCCC[C@@H]3C2)c1. The van der Waals surface area contributed by atoms with E-state index in [1.54, 1.807) is 11.0 Å². The van der Waals surface area contributed by atoms with Crippen molar-refractivity contribution in [2.45, 2.75) is 46.0 Å². The monoisotopic (exact) mass is 371 g/mol. The molecule has 148 valence electrons. The number of benzene rings is 1. The summed E-state index contributed by atoms with van der Waals surface area (Å²) in [7, 11) is 0. The number of anilines is 1. The molecule has 1 heterocycles. The van der Waals surface area contributed by atoms with Crippen molar-refractivity contribution in [3.63, 3.8) is 0 Å². The van der Waals surface area contributed by atoms with E-state index in [1.807, 2.05) is 32.0 Å². The van der Waals surface area contributed by atoms with Crippen molar-refractivity contribution in [1.29, 1.82) is 0 Å². The predicted octanol–water partition coefficient (Wildman–Crippen LogP) is 3.62. The van der Waals surface area contributed by atoms with Crippen molar-refractivity contribution in [3.8, 4) is 0 Å². The molecule has 1 aromatic carbocycles. The Labute approximate surface area is 163 Å². The van der Waals surface area contributed by atoms with Gasteiger partial charge in [-0.2, -0.15) is 0 Å². The van der Waals surface area contributed by atoms with E-state index < -0.39 is 0 Å². The van der Waals surface area contributed by atoms with Crippen LogP contribution in [0.2, 0.25) is 0 Å². The van der Waals surface area contributed by atoms with Crippen LogP contribution in [0.25, 0.3) is 0 Å². The Morgan fingerprint density at radius 2 is 1.85 bits per heavy atom. The van der Waals surface area contributed by atoms with E-state index in [4.69, 9.17) is 0 Å². The zero-order valence-corrected chi connectivity index (χ0v) is 16.7. The lowest BCUT2D eigenvalue weighted by Crippen LogP contribution is -2.44. The van der Waals surface area contributed by atoms with Gasteiger partial charge in [0.2, 0.25) is 5.91 Å². The largest absolute Gasteiger partial charge is 0.339 e. The molecule has 1 saturated heterocycles. The first-order chi connectivity index (χ1) is 13.1. The van der Waals surface area contributed by atoms with E-state index >= 15 is 0 Å². The Morgan fingerprint density at radius 3 is 2.59 bits per heavy atom. The molecule has 2 fully saturated rings. The highest BCUT2D eigenvalue weighted by Gasteiger charge is 2.31. The van der Waals surface area contributed by atoms with Crippen LogP contribution in [0.4, 0.5) is 5.69 Å². The van der Waals surface area contributed by atoms with Crippen molar-refractivity contribution < 1.29 is 9.59 Å². The van der Waals surface area contributed by atoms with E-state index in [0.717, 1.165) is 24.9 Å². The van der Waals surface area contributed by atoms with Crippen molar-refractivity contribution >= 4 is 17.5 Å². The third-order valence-corrected chi connectivity index (χ3v) is 6.19. The molecular weight excluding hydrogens is 338 g/mol. The number of amides is 2. The second kappa shape index (κ2) is 9.36. The van der Waals surface area contributed by atoms with Crippen LogP contribution in [-0.4, -0.2) is 54.3 Å². The van der Waals surface area contributed by atoms with E-state index in [9.17, 15) is 9.59 Å². The fourth-order valence-electron chi connectivity index (χ4n) is 4.65. The van der Waals surface area contributed by atoms with E-state index in [1.165, 1.54) is 32.1 Å². The minimum atomic E-state index is 0.00969. The van der Waals surface area contributed by atoms with Gasteiger partial charge in [-0.3, -0.25) is 14.5 Å². The number of nitrogens with one attached hydrogen (secondary N) is 1. The molecular formula is C22H33N3O2. The molecule has 5 heteroatoms. The Kier molecular flexibility index (Phi) is 6.89. The molecule has 0 radical (unpaired) electrons. The quantitative estimate of drug-likeness (QED) is 0.831. The Balaban J connectivity index is 1.55. The maximum Gasteiger partial charge on any atom is 0.253 e. The number of likely N-dealkylation sites (tertiary alicyclic amines) is 1. The Bertz CT molecular complexity index is 657. The molecule has 2 aliphatic rings. The maximum atomic E-state index is 12.5. The fourth-order valence-corrected chi connectivity index (χ4v) is 4.65. The third kappa shape index (κ3) is 5.10. The Hall–Kier alpha value is -1.88. The van der Waals surface area contributed by atoms with Crippen LogP contribution in [0.15, 0.2) is 24.3 Å². The second-order valence-electron chi connectivity index (χ2n) is 7.93. The lowest BCUT2D eigenvalue weighted by Gasteiger charge is -2.41. The molecule has 2 atom stereocenters. The van der Waals surface area contributed by atoms with Gasteiger partial charge in [0.05, 0.1) is 6.54 Å². The van der Waals surface area contributed by atoms with Crippen LogP contribution in [-0.2, 0) is 4.79 Å². The van der Waals surface area contributed by atoms with Gasteiger partial charge in [0.15, 0.2) is 0 Å². The number of fused-ring (bicyclic) bond motifs is 1. The minimum Gasteiger partial charge on any atom is -0.339 e. The standard InChI is InChI=1S/C22H33N3O2/c1-3-25(4-2)22(27)18-10-7-11-20(14-18)23-21(26)16-24-13-12-17-8-5-6-9-19(17)15-24/h7,10-11,14,17,19H,3-6,8-9,12-13,15-16H2,1-2H3,(H,23,26)/t17-,19+/m0/s1. The molecule has 0 unspecified atom stereocenters. The molecule has 0 aromatic heterocycles. The molecule has 1 aliphatic heterocycles. The van der Waals surface area contributed by atoms with Crippen LogP contribution in [0.1, 0.15) is 56.3 Å². The lowest BCUT2D eigenvalue weighted by molar-refractivity contribution is -0.118. The summed E-state index contributed by atoms with van der Waals surface area (Å²) in [5.41, 5.74) is 1.32. The van der Waals surface area contributed by atoms with Gasteiger partial charge in [-0.15, -0.1) is 0 Å². The molecule has 5 nitrogen and oxygen atoms in total. The van der Waals surface area contributed by atoms with Gasteiger partial charge >= 0.3 is 0 Å². The van der Waals surface area contributed by atoms with E-state index in [2.05, 4.69) is 10.2 Å². The smallest absolute Gasteiger partial charge is 0.253 e. The first-order valence-corrected chi connectivity index (χ1v) is 10.5. The van der Waals surface area contributed by atoms with Crippen molar-refractivity contribution in [3.05, 3.63) is 29.8 Å². The van der Waals surface area contributed by atoms with Gasteiger partial charge < -0.3 is 10.2 Å². The molecule has 0 bridgehead atoms. The van der Waals surface area contributed by atoms with Gasteiger partial charge in [-0.25, -0.2) is 0 Å². The van der Waals surface area contributed by atoms with Crippen molar-refractivity contribution in [1.82, 2.24) is 9.80 Å². The average molecular weight is 372 g/mol. The van der Waals surface area contributed by atoms with Gasteiger partial charge in [-0.05, 0) is 63.3 Å². The molecule has 27 heavy (non-hydrogen) atoms. The number of carbonyl (C=O) groups excluding carboxylic acids is 2. The Morgan fingerprint density at radius 1 is 1.11 bits per heavy atom. The van der Waals surface area contributed by atoms with Gasteiger partial charge in [0.25, 0.3) is 5.91 Å². The number of rotatable bonds is 6. The van der Waals surface area contributed by atoms with Crippen LogP contribution in [0.5, 0.6) is 0 Å². The summed E-state index contributed by atoms with van der Waals surface area (Å²) in [5.74, 6) is 1.67. The first kappa shape index (κ1) is 19.9. The number of carbonyl (C=O) groups is 2. The normalized spacial score (nSPS) is 22.7. The maximum absolute atomic E-state index is 12.5. The second-order valence-corrected chi connectivity index (χ2v) is 7.93. The number of nitrogens with zero attached hydrogens (tertiary/aromatic N) is 2. The van der Waals surface area contributed by atoms with Crippen molar-refractivity contribution in [2.24, 2.45) is 11.8 Å². The molecule has 1 aliphatic carbocycles. The molecule has 1 aromatic rings. The summed E-state index contributed by atoms with van der Waals surface area (Å²) in [6.45, 7) is 7.84. The molecule has 0 spiro atoms. The first-order valence-electron chi connectivity index (χ1n) is 10.5. The van der Waals surface area contributed by atoms with Crippen LogP contribution in [0.3, 0.4) is 0 Å². The molecule has 3 rings (SSSR count). The fraction of sp³-hybridized carbons (Fsp3) is 0.636. The number of hydrogen-bond acceptors (Lipinski definition) is 3. The van der Waals surface area contributed by atoms with Crippen LogP contribution < -0.4 is 5.32 Å². The highest BCUT2D eigenvalue weighted by Crippen LogP contribution is 2.35. The number of hydrogen-bond donors (Lipinski definition) is 1. The predicted molar refractivity (Wildman–Crippen MR) is 109 cm³/mol. The molecule has 2 amide bonds. The number of piperidine rings is 1. The zero-order chi connectivity index (χ0) is 19.2. The van der Waals surface area contributed by atoms with Crippen LogP contribution in [0, 0.1) is 11.8 Å². The van der Waals surface area contributed by atoms with E-state index in [-0.39, 0.29) is 11.8 Å². The topological polar surface area (TPSA) is 52.7 Å². The third-order valence-electron chi connectivity index (χ3n) is 6.19. The summed E-state index contributed by atoms with van der Waals surface area (Å²) in [6.07, 6.45) is 6.64. The highest BCUT2D eigenvalue weighted by atomic mass is 16.2. The van der Waals surface area contributed by atoms with Crippen LogP contribution >= 0.6 is 0 Å². The van der Waals surface area contributed by atoms with Gasteiger partial charge in [0, 0.05) is 30.9 Å². The summed E-state index contributed by atoms with van der Waals surface area (Å²) in [6, 6.07) is 7.28. The van der Waals surface area contributed by atoms with Crippen molar-refractivity contribution in [2.75, 3.05) is 38.0 Å². The van der Waals surface area contributed by atoms with Gasteiger partial charge in [0.1, 0.15) is 0 Å². The molecule has 1 N–H and O–H groups in total. The highest BCUT2D eigenvalue weighted by molar-refractivity contribution is 5.97. The lowest BCUT2D eigenvalue weighted by atomic mass is 9.75. The summed E-state index contributed by atoms with van der Waals surface area (Å²) in [5, 5.41) is 2.98. The minimum absolute atomic E-state index is 0.00969. The summed E-state index contributed by atoms with van der Waals surface area (Å²) >= 11 is 0. The summed E-state index contributed by atoms with van der Waals surface area (Å²) in [4.78, 5) is 29.1. The molecule has 1 saturated carbocycles.